The van der Waals surface area contributed by atoms with Crippen molar-refractivity contribution in [2.45, 2.75) is 18.8 Å². The predicted octanol–water partition coefficient (Wildman–Crippen LogP) is 2.34. The second-order valence-electron chi connectivity index (χ2n) is 5.25. The molecule has 1 saturated heterocycles. The molecule has 0 unspecified atom stereocenters. The molecule has 7 heteroatoms. The van der Waals surface area contributed by atoms with Gasteiger partial charge in [0.25, 0.3) is 0 Å². The number of nitrogens with zero attached hydrogens (tertiary/aromatic N) is 3. The summed E-state index contributed by atoms with van der Waals surface area (Å²) in [6.07, 6.45) is 4.89. The summed E-state index contributed by atoms with van der Waals surface area (Å²) in [6.45, 7) is 1.13. The highest BCUT2D eigenvalue weighted by atomic mass is 32.2. The fourth-order valence-corrected chi connectivity index (χ4v) is 4.15. The second kappa shape index (κ2) is 5.82. The third-order valence-electron chi connectivity index (χ3n) is 3.69. The SMILES string of the molecule is CS(=O)(=O)N1CCC[C@H](c2cccc(-c3nccs3)n2)C1. The van der Waals surface area contributed by atoms with Gasteiger partial charge in [0, 0.05) is 36.3 Å². The van der Waals surface area contributed by atoms with E-state index in [2.05, 4.69) is 9.97 Å². The lowest BCUT2D eigenvalue weighted by Gasteiger charge is -2.30. The van der Waals surface area contributed by atoms with Crippen LogP contribution in [0.2, 0.25) is 0 Å². The average Bonchev–Trinajstić information content (AvgIpc) is 3.01. The summed E-state index contributed by atoms with van der Waals surface area (Å²) < 4.78 is 25.0. The number of hydrogen-bond donors (Lipinski definition) is 0. The first kappa shape index (κ1) is 14.6. The van der Waals surface area contributed by atoms with E-state index in [1.54, 1.807) is 21.8 Å². The third-order valence-corrected chi connectivity index (χ3v) is 5.76. The zero-order valence-corrected chi connectivity index (χ0v) is 13.4. The van der Waals surface area contributed by atoms with E-state index in [1.807, 2.05) is 23.6 Å². The van der Waals surface area contributed by atoms with E-state index in [0.717, 1.165) is 29.2 Å². The van der Waals surface area contributed by atoms with Gasteiger partial charge in [-0.05, 0) is 25.0 Å². The molecule has 5 nitrogen and oxygen atoms in total. The van der Waals surface area contributed by atoms with Gasteiger partial charge in [-0.2, -0.15) is 0 Å². The molecule has 0 N–H and O–H groups in total. The highest BCUT2D eigenvalue weighted by Crippen LogP contribution is 2.29. The zero-order valence-electron chi connectivity index (χ0n) is 11.8. The van der Waals surface area contributed by atoms with Gasteiger partial charge in [-0.15, -0.1) is 11.3 Å². The summed E-state index contributed by atoms with van der Waals surface area (Å²) in [5, 5.41) is 2.82. The summed E-state index contributed by atoms with van der Waals surface area (Å²) in [7, 11) is -3.12. The van der Waals surface area contributed by atoms with Crippen molar-refractivity contribution in [1.29, 1.82) is 0 Å². The third kappa shape index (κ3) is 3.30. The lowest BCUT2D eigenvalue weighted by molar-refractivity contribution is 0.314. The van der Waals surface area contributed by atoms with Crippen molar-refractivity contribution in [2.75, 3.05) is 19.3 Å². The van der Waals surface area contributed by atoms with Crippen LogP contribution in [-0.4, -0.2) is 42.0 Å². The molecule has 1 aliphatic rings. The highest BCUT2D eigenvalue weighted by Gasteiger charge is 2.27. The summed E-state index contributed by atoms with van der Waals surface area (Å²) >= 11 is 1.56. The second-order valence-corrected chi connectivity index (χ2v) is 8.12. The first-order valence-corrected chi connectivity index (χ1v) is 9.59. The maximum absolute atomic E-state index is 11.7. The van der Waals surface area contributed by atoms with E-state index in [-0.39, 0.29) is 5.92 Å². The number of aromatic nitrogens is 2. The molecule has 1 aliphatic heterocycles. The van der Waals surface area contributed by atoms with Crippen molar-refractivity contribution in [3.05, 3.63) is 35.5 Å². The Morgan fingerprint density at radius 3 is 2.95 bits per heavy atom. The Morgan fingerprint density at radius 1 is 1.38 bits per heavy atom. The van der Waals surface area contributed by atoms with Crippen LogP contribution in [0.15, 0.2) is 29.8 Å². The summed E-state index contributed by atoms with van der Waals surface area (Å²) in [5.41, 5.74) is 1.81. The number of rotatable bonds is 3. The summed E-state index contributed by atoms with van der Waals surface area (Å²) in [5.74, 6) is 0.161. The summed E-state index contributed by atoms with van der Waals surface area (Å²) in [4.78, 5) is 8.96. The van der Waals surface area contributed by atoms with Gasteiger partial charge < -0.3 is 0 Å². The van der Waals surface area contributed by atoms with E-state index in [4.69, 9.17) is 0 Å². The van der Waals surface area contributed by atoms with Gasteiger partial charge in [0.15, 0.2) is 0 Å². The molecule has 3 heterocycles. The van der Waals surface area contributed by atoms with Crippen molar-refractivity contribution in [1.82, 2.24) is 14.3 Å². The molecule has 0 spiro atoms. The number of pyridine rings is 1. The van der Waals surface area contributed by atoms with Crippen LogP contribution in [0.1, 0.15) is 24.5 Å². The van der Waals surface area contributed by atoms with Gasteiger partial charge in [-0.3, -0.25) is 0 Å². The molecule has 2 aromatic heterocycles. The largest absolute Gasteiger partial charge is 0.250 e. The Labute approximate surface area is 128 Å². The van der Waals surface area contributed by atoms with Gasteiger partial charge >= 0.3 is 0 Å². The molecule has 3 rings (SSSR count). The molecule has 0 amide bonds. The fourth-order valence-electron chi connectivity index (χ4n) is 2.63. The van der Waals surface area contributed by atoms with E-state index >= 15 is 0 Å². The van der Waals surface area contributed by atoms with Crippen LogP contribution in [0.5, 0.6) is 0 Å². The maximum Gasteiger partial charge on any atom is 0.211 e. The fraction of sp³-hybridized carbons (Fsp3) is 0.429. The minimum atomic E-state index is -3.12. The molecule has 0 aromatic carbocycles. The Morgan fingerprint density at radius 2 is 2.24 bits per heavy atom. The van der Waals surface area contributed by atoms with E-state index in [0.29, 0.717) is 13.1 Å². The molecule has 0 aliphatic carbocycles. The number of sulfonamides is 1. The van der Waals surface area contributed by atoms with Crippen LogP contribution in [0.25, 0.3) is 10.7 Å². The van der Waals surface area contributed by atoms with Gasteiger partial charge in [0.2, 0.25) is 10.0 Å². The minimum Gasteiger partial charge on any atom is -0.250 e. The topological polar surface area (TPSA) is 63.2 Å². The standard InChI is InChI=1S/C14H17N3O2S2/c1-21(18,19)17-8-3-4-11(10-17)12-5-2-6-13(16-12)14-15-7-9-20-14/h2,5-7,9,11H,3-4,8,10H2,1H3/t11-/m0/s1. The lowest BCUT2D eigenvalue weighted by Crippen LogP contribution is -2.38. The van der Waals surface area contributed by atoms with Crippen LogP contribution >= 0.6 is 11.3 Å². The minimum absolute atomic E-state index is 0.161. The van der Waals surface area contributed by atoms with E-state index in [1.165, 1.54) is 6.26 Å². The zero-order chi connectivity index (χ0) is 14.9. The van der Waals surface area contributed by atoms with Gasteiger partial charge in [0.05, 0.1) is 11.9 Å². The Kier molecular flexibility index (Phi) is 4.05. The predicted molar refractivity (Wildman–Crippen MR) is 83.7 cm³/mol. The maximum atomic E-state index is 11.7. The van der Waals surface area contributed by atoms with Gasteiger partial charge in [-0.25, -0.2) is 22.7 Å². The summed E-state index contributed by atoms with van der Waals surface area (Å²) in [6, 6.07) is 5.89. The number of hydrogen-bond acceptors (Lipinski definition) is 5. The molecular formula is C14H17N3O2S2. The quantitative estimate of drug-likeness (QED) is 0.870. The van der Waals surface area contributed by atoms with Crippen molar-refractivity contribution in [3.8, 4) is 10.7 Å². The van der Waals surface area contributed by atoms with E-state index < -0.39 is 10.0 Å². The molecule has 0 saturated carbocycles. The van der Waals surface area contributed by atoms with Crippen molar-refractivity contribution >= 4 is 21.4 Å². The smallest absolute Gasteiger partial charge is 0.211 e. The first-order valence-electron chi connectivity index (χ1n) is 6.86. The highest BCUT2D eigenvalue weighted by molar-refractivity contribution is 7.88. The molecule has 0 bridgehead atoms. The van der Waals surface area contributed by atoms with Gasteiger partial charge in [-0.1, -0.05) is 6.07 Å². The van der Waals surface area contributed by atoms with Crippen LogP contribution in [0, 0.1) is 0 Å². The number of piperidine rings is 1. The van der Waals surface area contributed by atoms with E-state index in [9.17, 15) is 8.42 Å². The van der Waals surface area contributed by atoms with Gasteiger partial charge in [0.1, 0.15) is 5.01 Å². The monoisotopic (exact) mass is 323 g/mol. The van der Waals surface area contributed by atoms with Crippen LogP contribution in [0.3, 0.4) is 0 Å². The Hall–Kier alpha value is -1.31. The van der Waals surface area contributed by atoms with Crippen molar-refractivity contribution < 1.29 is 8.42 Å². The Bertz CT molecular complexity index is 714. The molecular weight excluding hydrogens is 306 g/mol. The average molecular weight is 323 g/mol. The Balaban J connectivity index is 1.85. The van der Waals surface area contributed by atoms with Crippen molar-refractivity contribution in [3.63, 3.8) is 0 Å². The molecule has 1 atom stereocenters. The molecule has 21 heavy (non-hydrogen) atoms. The number of thiazole rings is 1. The first-order chi connectivity index (χ1) is 10.0. The van der Waals surface area contributed by atoms with Crippen LogP contribution in [-0.2, 0) is 10.0 Å². The van der Waals surface area contributed by atoms with Crippen LogP contribution < -0.4 is 0 Å². The normalized spacial score (nSPS) is 20.5. The molecule has 1 fully saturated rings. The molecule has 0 radical (unpaired) electrons. The molecule has 112 valence electrons. The van der Waals surface area contributed by atoms with Crippen LogP contribution in [0.4, 0.5) is 0 Å². The molecule has 2 aromatic rings. The van der Waals surface area contributed by atoms with Crippen molar-refractivity contribution in [2.24, 2.45) is 0 Å². The lowest BCUT2D eigenvalue weighted by atomic mass is 9.95.